The third kappa shape index (κ3) is 3.74. The molecule has 2 rings (SSSR count). The van der Waals surface area contributed by atoms with Gasteiger partial charge in [0.1, 0.15) is 5.76 Å². The van der Waals surface area contributed by atoms with Crippen molar-refractivity contribution >= 4 is 0 Å². The van der Waals surface area contributed by atoms with Crippen LogP contribution in [0.25, 0.3) is 0 Å². The molecule has 1 N–H and O–H groups in total. The third-order valence-corrected chi connectivity index (χ3v) is 3.05. The van der Waals surface area contributed by atoms with E-state index in [1.54, 1.807) is 6.26 Å². The summed E-state index contributed by atoms with van der Waals surface area (Å²) in [5.41, 5.74) is 1.28. The molecule has 0 saturated heterocycles. The maximum Gasteiger partial charge on any atom is 0.103 e. The lowest BCUT2D eigenvalue weighted by atomic mass is 10.0. The van der Waals surface area contributed by atoms with Crippen molar-refractivity contribution in [2.75, 3.05) is 6.54 Å². The summed E-state index contributed by atoms with van der Waals surface area (Å²) in [6.07, 6.45) is 8.83. The summed E-state index contributed by atoms with van der Waals surface area (Å²) in [7, 11) is 1.95. The molecule has 0 aliphatic rings. The van der Waals surface area contributed by atoms with Crippen LogP contribution in [-0.2, 0) is 19.9 Å². The third-order valence-electron chi connectivity index (χ3n) is 3.05. The maximum atomic E-state index is 5.37. The summed E-state index contributed by atoms with van der Waals surface area (Å²) in [5.74, 6) is 1.06. The predicted octanol–water partition coefficient (Wildman–Crippen LogP) is 2.17. The molecule has 2 heterocycles. The maximum absolute atomic E-state index is 5.37. The van der Waals surface area contributed by atoms with Crippen LogP contribution in [0.1, 0.15) is 24.7 Å². The van der Waals surface area contributed by atoms with E-state index in [0.717, 1.165) is 31.6 Å². The molecule has 0 radical (unpaired) electrons. The van der Waals surface area contributed by atoms with E-state index in [1.165, 1.54) is 5.56 Å². The van der Waals surface area contributed by atoms with Gasteiger partial charge in [-0.25, -0.2) is 0 Å². The summed E-state index contributed by atoms with van der Waals surface area (Å²) in [6.45, 7) is 3.13. The zero-order valence-electron chi connectivity index (χ0n) is 11.1. The first kappa shape index (κ1) is 12.9. The van der Waals surface area contributed by atoms with Crippen LogP contribution in [0.15, 0.2) is 35.2 Å². The number of nitrogens with zero attached hydrogens (tertiary/aromatic N) is 2. The molecule has 0 spiro atoms. The Bertz CT molecular complexity index is 447. The Morgan fingerprint density at radius 2 is 2.39 bits per heavy atom. The van der Waals surface area contributed by atoms with Crippen LogP contribution in [0.3, 0.4) is 0 Å². The Labute approximate surface area is 108 Å². The predicted molar refractivity (Wildman–Crippen MR) is 71.4 cm³/mol. The molecule has 1 unspecified atom stereocenters. The normalized spacial score (nSPS) is 12.8. The fraction of sp³-hybridized carbons (Fsp3) is 0.500. The van der Waals surface area contributed by atoms with E-state index in [-0.39, 0.29) is 0 Å². The van der Waals surface area contributed by atoms with Crippen molar-refractivity contribution in [3.8, 4) is 0 Å². The van der Waals surface area contributed by atoms with Gasteiger partial charge in [-0.2, -0.15) is 5.10 Å². The summed E-state index contributed by atoms with van der Waals surface area (Å²) in [5, 5.41) is 7.73. The molecule has 2 aromatic rings. The number of furan rings is 1. The lowest BCUT2D eigenvalue weighted by Crippen LogP contribution is -2.31. The summed E-state index contributed by atoms with van der Waals surface area (Å²) < 4.78 is 7.22. The Morgan fingerprint density at radius 1 is 1.50 bits per heavy atom. The number of rotatable bonds is 7. The molecule has 0 fully saturated rings. The second-order valence-corrected chi connectivity index (χ2v) is 4.60. The Morgan fingerprint density at radius 3 is 3.00 bits per heavy atom. The van der Waals surface area contributed by atoms with Gasteiger partial charge in [0.05, 0.1) is 12.5 Å². The molecule has 18 heavy (non-hydrogen) atoms. The molecule has 4 heteroatoms. The molecular formula is C14H21N3O. The highest BCUT2D eigenvalue weighted by Gasteiger charge is 2.10. The minimum absolute atomic E-state index is 0.476. The zero-order valence-corrected chi connectivity index (χ0v) is 11.1. The van der Waals surface area contributed by atoms with Gasteiger partial charge in [-0.3, -0.25) is 4.68 Å². The van der Waals surface area contributed by atoms with Crippen molar-refractivity contribution in [3.63, 3.8) is 0 Å². The smallest absolute Gasteiger partial charge is 0.103 e. The van der Waals surface area contributed by atoms with E-state index < -0.39 is 0 Å². The first-order chi connectivity index (χ1) is 8.78. The second kappa shape index (κ2) is 6.40. The number of aryl methyl sites for hydroxylation is 2. The van der Waals surface area contributed by atoms with Crippen LogP contribution in [0.5, 0.6) is 0 Å². The van der Waals surface area contributed by atoms with Crippen molar-refractivity contribution in [1.29, 1.82) is 0 Å². The Balaban J connectivity index is 1.87. The van der Waals surface area contributed by atoms with Crippen LogP contribution in [-0.4, -0.2) is 22.4 Å². The SMILES string of the molecule is CCNC(CCc1ccco1)Cc1cnn(C)c1. The zero-order chi connectivity index (χ0) is 12.8. The van der Waals surface area contributed by atoms with Crippen molar-refractivity contribution < 1.29 is 4.42 Å². The monoisotopic (exact) mass is 247 g/mol. The van der Waals surface area contributed by atoms with E-state index >= 15 is 0 Å². The molecule has 2 aromatic heterocycles. The van der Waals surface area contributed by atoms with E-state index in [1.807, 2.05) is 30.1 Å². The lowest BCUT2D eigenvalue weighted by Gasteiger charge is -2.16. The van der Waals surface area contributed by atoms with Crippen LogP contribution in [0.2, 0.25) is 0 Å². The van der Waals surface area contributed by atoms with Crippen LogP contribution in [0.4, 0.5) is 0 Å². The fourth-order valence-corrected chi connectivity index (χ4v) is 2.20. The average Bonchev–Trinajstić information content (AvgIpc) is 2.98. The van der Waals surface area contributed by atoms with Gasteiger partial charge >= 0.3 is 0 Å². The van der Waals surface area contributed by atoms with Gasteiger partial charge in [0.15, 0.2) is 0 Å². The highest BCUT2D eigenvalue weighted by atomic mass is 16.3. The molecule has 0 aliphatic heterocycles. The average molecular weight is 247 g/mol. The Hall–Kier alpha value is -1.55. The molecule has 0 bridgehead atoms. The van der Waals surface area contributed by atoms with E-state index in [9.17, 15) is 0 Å². The minimum atomic E-state index is 0.476. The summed E-state index contributed by atoms with van der Waals surface area (Å²) in [6, 6.07) is 4.45. The fourth-order valence-electron chi connectivity index (χ4n) is 2.20. The van der Waals surface area contributed by atoms with Crippen LogP contribution < -0.4 is 5.32 Å². The lowest BCUT2D eigenvalue weighted by molar-refractivity contribution is 0.447. The van der Waals surface area contributed by atoms with Crippen LogP contribution >= 0.6 is 0 Å². The molecular weight excluding hydrogens is 226 g/mol. The van der Waals surface area contributed by atoms with Crippen molar-refractivity contribution in [1.82, 2.24) is 15.1 Å². The standard InChI is InChI=1S/C14H21N3O/c1-3-15-13(6-7-14-5-4-8-18-14)9-12-10-16-17(2)11-12/h4-5,8,10-11,13,15H,3,6-7,9H2,1-2H3. The number of hydrogen-bond donors (Lipinski definition) is 1. The molecule has 0 aliphatic carbocycles. The van der Waals surface area contributed by atoms with E-state index in [4.69, 9.17) is 4.42 Å². The number of aromatic nitrogens is 2. The largest absolute Gasteiger partial charge is 0.469 e. The van der Waals surface area contributed by atoms with Crippen molar-refractivity contribution in [3.05, 3.63) is 42.1 Å². The van der Waals surface area contributed by atoms with Gasteiger partial charge in [0.2, 0.25) is 0 Å². The molecule has 0 aromatic carbocycles. The van der Waals surface area contributed by atoms with Crippen molar-refractivity contribution in [2.45, 2.75) is 32.2 Å². The van der Waals surface area contributed by atoms with Gasteiger partial charge in [-0.15, -0.1) is 0 Å². The number of likely N-dealkylation sites (N-methyl/N-ethyl adjacent to an activating group) is 1. The molecule has 0 saturated carbocycles. The molecule has 0 amide bonds. The number of nitrogens with one attached hydrogen (secondary N) is 1. The Kier molecular flexibility index (Phi) is 4.59. The van der Waals surface area contributed by atoms with Gasteiger partial charge in [-0.05, 0) is 37.1 Å². The van der Waals surface area contributed by atoms with Gasteiger partial charge in [-0.1, -0.05) is 6.92 Å². The van der Waals surface area contributed by atoms with Crippen molar-refractivity contribution in [2.24, 2.45) is 7.05 Å². The van der Waals surface area contributed by atoms with E-state index in [2.05, 4.69) is 23.5 Å². The highest BCUT2D eigenvalue weighted by molar-refractivity contribution is 5.06. The molecule has 1 atom stereocenters. The minimum Gasteiger partial charge on any atom is -0.469 e. The topological polar surface area (TPSA) is 43.0 Å². The number of hydrogen-bond acceptors (Lipinski definition) is 3. The summed E-state index contributed by atoms with van der Waals surface area (Å²) in [4.78, 5) is 0. The van der Waals surface area contributed by atoms with Crippen LogP contribution in [0, 0.1) is 0 Å². The second-order valence-electron chi connectivity index (χ2n) is 4.60. The van der Waals surface area contributed by atoms with Gasteiger partial charge < -0.3 is 9.73 Å². The highest BCUT2D eigenvalue weighted by Crippen LogP contribution is 2.10. The summed E-state index contributed by atoms with van der Waals surface area (Å²) >= 11 is 0. The van der Waals surface area contributed by atoms with E-state index in [0.29, 0.717) is 6.04 Å². The first-order valence-corrected chi connectivity index (χ1v) is 6.51. The molecule has 98 valence electrons. The molecule has 4 nitrogen and oxygen atoms in total. The quantitative estimate of drug-likeness (QED) is 0.815. The van der Waals surface area contributed by atoms with Gasteiger partial charge in [0, 0.05) is 25.7 Å². The first-order valence-electron chi connectivity index (χ1n) is 6.51. The van der Waals surface area contributed by atoms with Gasteiger partial charge in [0.25, 0.3) is 0 Å².